The van der Waals surface area contributed by atoms with Crippen molar-refractivity contribution < 1.29 is 0 Å². The zero-order valence-electron chi connectivity index (χ0n) is 10.4. The Morgan fingerprint density at radius 1 is 0.688 bits per heavy atom. The predicted molar refractivity (Wildman–Crippen MR) is 70.0 cm³/mol. The van der Waals surface area contributed by atoms with Crippen LogP contribution in [0.4, 0.5) is 0 Å². The minimum atomic E-state index is 1.12. The van der Waals surface area contributed by atoms with Crippen LogP contribution in [0, 0.1) is 13.0 Å². The summed E-state index contributed by atoms with van der Waals surface area (Å²) in [6.07, 6.45) is 10.3. The number of hydrogen-bond acceptors (Lipinski definition) is 3. The van der Waals surface area contributed by atoms with Gasteiger partial charge in [-0.05, 0) is 71.2 Å². The molecule has 3 rings (SSSR count). The zero-order chi connectivity index (χ0) is 11.3. The molecule has 0 aromatic carbocycles. The smallest absolute Gasteiger partial charge is 0.0221 e. The third-order valence-electron chi connectivity index (χ3n) is 2.83. The van der Waals surface area contributed by atoms with Crippen LogP contribution in [-0.4, -0.2) is 32.7 Å². The Balaban J connectivity index is 0.000000121. The fourth-order valence-corrected chi connectivity index (χ4v) is 1.82. The summed E-state index contributed by atoms with van der Waals surface area (Å²) in [7, 11) is 0. The molecular formula is C13H27N3. The van der Waals surface area contributed by atoms with Gasteiger partial charge in [0.25, 0.3) is 0 Å². The van der Waals surface area contributed by atoms with E-state index in [2.05, 4.69) is 28.9 Å². The minimum Gasteiger partial charge on any atom is -0.317 e. The standard InChI is InChI=1S/C5H11N.2C4H8N/c1-2-4-6-5-3-1;2*1-2-4-5-3-1/h6H,1-5H2;3,5H,1-2,4H2;1,5H,2-4H2. The molecule has 0 spiro atoms. The number of piperidine rings is 1. The van der Waals surface area contributed by atoms with Gasteiger partial charge in [0, 0.05) is 6.54 Å². The highest BCUT2D eigenvalue weighted by molar-refractivity contribution is 4.75. The first-order chi connectivity index (χ1) is 8.00. The van der Waals surface area contributed by atoms with Crippen molar-refractivity contribution in [3.8, 4) is 0 Å². The third kappa shape index (κ3) is 9.13. The third-order valence-corrected chi connectivity index (χ3v) is 2.83. The Bertz CT molecular complexity index is 90.4. The van der Waals surface area contributed by atoms with Crippen LogP contribution in [0.5, 0.6) is 0 Å². The Morgan fingerprint density at radius 2 is 1.56 bits per heavy atom. The lowest BCUT2D eigenvalue weighted by Gasteiger charge is -2.08. The molecule has 3 saturated heterocycles. The van der Waals surface area contributed by atoms with E-state index in [-0.39, 0.29) is 0 Å². The Kier molecular flexibility index (Phi) is 9.91. The number of nitrogens with one attached hydrogen (secondary N) is 3. The normalized spacial score (nSPS) is 24.0. The summed E-state index contributed by atoms with van der Waals surface area (Å²) < 4.78 is 0. The second-order valence-corrected chi connectivity index (χ2v) is 4.39. The molecule has 0 aliphatic carbocycles. The van der Waals surface area contributed by atoms with Crippen molar-refractivity contribution in [2.24, 2.45) is 0 Å². The maximum atomic E-state index is 3.28. The first-order valence-corrected chi connectivity index (χ1v) is 6.78. The van der Waals surface area contributed by atoms with Crippen molar-refractivity contribution in [3.63, 3.8) is 0 Å². The zero-order valence-corrected chi connectivity index (χ0v) is 10.4. The molecule has 0 bridgehead atoms. The monoisotopic (exact) mass is 225 g/mol. The number of rotatable bonds is 0. The van der Waals surface area contributed by atoms with Gasteiger partial charge in [-0.1, -0.05) is 6.42 Å². The highest BCUT2D eigenvalue weighted by Gasteiger charge is 1.94. The summed E-state index contributed by atoms with van der Waals surface area (Å²) in [6.45, 7) is 8.12. The predicted octanol–water partition coefficient (Wildman–Crippen LogP) is 1.48. The fourth-order valence-electron chi connectivity index (χ4n) is 1.82. The van der Waals surface area contributed by atoms with E-state index >= 15 is 0 Å². The molecule has 2 radical (unpaired) electrons. The van der Waals surface area contributed by atoms with Crippen molar-refractivity contribution in [2.45, 2.75) is 38.5 Å². The Morgan fingerprint density at radius 3 is 1.75 bits per heavy atom. The van der Waals surface area contributed by atoms with Gasteiger partial charge in [-0.2, -0.15) is 0 Å². The lowest BCUT2D eigenvalue weighted by Crippen LogP contribution is -2.21. The molecule has 3 aliphatic heterocycles. The molecule has 0 aromatic heterocycles. The second-order valence-electron chi connectivity index (χ2n) is 4.39. The lowest BCUT2D eigenvalue weighted by molar-refractivity contribution is 0.520. The average molecular weight is 225 g/mol. The van der Waals surface area contributed by atoms with E-state index in [9.17, 15) is 0 Å². The fraction of sp³-hybridized carbons (Fsp3) is 0.846. The number of hydrogen-bond donors (Lipinski definition) is 3. The van der Waals surface area contributed by atoms with Crippen molar-refractivity contribution in [2.75, 3.05) is 32.7 Å². The van der Waals surface area contributed by atoms with Crippen LogP contribution in [0.2, 0.25) is 0 Å². The van der Waals surface area contributed by atoms with E-state index in [1.54, 1.807) is 0 Å². The Labute approximate surface area is 101 Å². The van der Waals surface area contributed by atoms with E-state index in [0.29, 0.717) is 0 Å². The highest BCUT2D eigenvalue weighted by atomic mass is 14.9. The van der Waals surface area contributed by atoms with Crippen LogP contribution in [0.25, 0.3) is 0 Å². The molecular weight excluding hydrogens is 198 g/mol. The van der Waals surface area contributed by atoms with Gasteiger partial charge < -0.3 is 16.0 Å². The van der Waals surface area contributed by atoms with Gasteiger partial charge in [0.2, 0.25) is 0 Å². The molecule has 3 nitrogen and oxygen atoms in total. The molecule has 3 heterocycles. The highest BCUT2D eigenvalue weighted by Crippen LogP contribution is 1.96. The lowest BCUT2D eigenvalue weighted by atomic mass is 10.2. The average Bonchev–Trinajstić information content (AvgIpc) is 3.10. The summed E-state index contributed by atoms with van der Waals surface area (Å²) in [6, 6.07) is 0. The van der Waals surface area contributed by atoms with Crippen LogP contribution >= 0.6 is 0 Å². The van der Waals surface area contributed by atoms with Crippen molar-refractivity contribution in [1.29, 1.82) is 0 Å². The molecule has 0 saturated carbocycles. The largest absolute Gasteiger partial charge is 0.317 e. The van der Waals surface area contributed by atoms with Gasteiger partial charge in [0.15, 0.2) is 0 Å². The first-order valence-electron chi connectivity index (χ1n) is 6.78. The van der Waals surface area contributed by atoms with Gasteiger partial charge in [0.05, 0.1) is 0 Å². The van der Waals surface area contributed by atoms with Gasteiger partial charge >= 0.3 is 0 Å². The molecule has 3 aliphatic rings. The molecule has 0 aromatic rings. The second kappa shape index (κ2) is 11.4. The molecule has 16 heavy (non-hydrogen) atoms. The SMILES string of the molecule is C1CCNCC1.[CH]1CCCN1.[CH]1CCNC1. The van der Waals surface area contributed by atoms with Crippen LogP contribution in [0.1, 0.15) is 38.5 Å². The maximum absolute atomic E-state index is 3.28. The van der Waals surface area contributed by atoms with E-state index in [0.717, 1.165) is 6.54 Å². The van der Waals surface area contributed by atoms with Crippen LogP contribution in [-0.2, 0) is 0 Å². The topological polar surface area (TPSA) is 36.1 Å². The first kappa shape index (κ1) is 13.9. The van der Waals surface area contributed by atoms with E-state index in [1.165, 1.54) is 64.7 Å². The van der Waals surface area contributed by atoms with E-state index in [1.807, 2.05) is 0 Å². The summed E-state index contributed by atoms with van der Waals surface area (Å²) >= 11 is 0. The van der Waals surface area contributed by atoms with Gasteiger partial charge in [-0.15, -0.1) is 0 Å². The summed E-state index contributed by atoms with van der Waals surface area (Å²) in [5, 5.41) is 9.55. The van der Waals surface area contributed by atoms with Crippen LogP contribution < -0.4 is 16.0 Å². The van der Waals surface area contributed by atoms with Crippen molar-refractivity contribution in [3.05, 3.63) is 13.0 Å². The van der Waals surface area contributed by atoms with Gasteiger partial charge in [-0.25, -0.2) is 0 Å². The molecule has 3 fully saturated rings. The summed E-state index contributed by atoms with van der Waals surface area (Å²) in [4.78, 5) is 0. The molecule has 3 heteroatoms. The van der Waals surface area contributed by atoms with Crippen molar-refractivity contribution >= 4 is 0 Å². The van der Waals surface area contributed by atoms with Crippen molar-refractivity contribution in [1.82, 2.24) is 16.0 Å². The Hall–Kier alpha value is -0.120. The van der Waals surface area contributed by atoms with E-state index < -0.39 is 0 Å². The quantitative estimate of drug-likeness (QED) is 0.584. The van der Waals surface area contributed by atoms with Gasteiger partial charge in [0.1, 0.15) is 0 Å². The molecule has 0 atom stereocenters. The summed E-state index contributed by atoms with van der Waals surface area (Å²) in [5.41, 5.74) is 0. The van der Waals surface area contributed by atoms with E-state index in [4.69, 9.17) is 0 Å². The molecule has 3 N–H and O–H groups in total. The molecule has 0 amide bonds. The summed E-state index contributed by atoms with van der Waals surface area (Å²) in [5.74, 6) is 0. The molecule has 94 valence electrons. The molecule has 0 unspecified atom stereocenters. The van der Waals surface area contributed by atoms with Crippen LogP contribution in [0.15, 0.2) is 0 Å². The van der Waals surface area contributed by atoms with Crippen LogP contribution in [0.3, 0.4) is 0 Å². The van der Waals surface area contributed by atoms with Gasteiger partial charge in [-0.3, -0.25) is 0 Å². The maximum Gasteiger partial charge on any atom is 0.0221 e. The minimum absolute atomic E-state index is 1.12.